The van der Waals surface area contributed by atoms with E-state index in [9.17, 15) is 9.18 Å². The normalized spacial score (nSPS) is 13.5. The molecule has 2 aromatic carbocycles. The average Bonchev–Trinajstić information content (AvgIpc) is 3.01. The topological polar surface area (TPSA) is 56.8 Å². The Labute approximate surface area is 133 Å². The fourth-order valence-electron chi connectivity index (χ4n) is 2.31. The maximum absolute atomic E-state index is 13.1. The van der Waals surface area contributed by atoms with Gasteiger partial charge in [-0.15, -0.1) is 0 Å². The molecule has 1 N–H and O–H groups in total. The highest BCUT2D eigenvalue weighted by Crippen LogP contribution is 2.35. The van der Waals surface area contributed by atoms with Gasteiger partial charge in [0.05, 0.1) is 6.61 Å². The summed E-state index contributed by atoms with van der Waals surface area (Å²) in [6.07, 6.45) is 0. The Kier molecular flexibility index (Phi) is 4.32. The molecule has 6 heteroatoms. The summed E-state index contributed by atoms with van der Waals surface area (Å²) < 4.78 is 28.8. The Morgan fingerprint density at radius 2 is 1.96 bits per heavy atom. The average molecular weight is 317 g/mol. The molecule has 1 aliphatic heterocycles. The van der Waals surface area contributed by atoms with Gasteiger partial charge < -0.3 is 19.5 Å². The zero-order valence-corrected chi connectivity index (χ0v) is 12.5. The van der Waals surface area contributed by atoms with Gasteiger partial charge in [-0.25, -0.2) is 9.18 Å². The molecule has 1 aliphatic rings. The van der Waals surface area contributed by atoms with Gasteiger partial charge >= 0.3 is 5.97 Å². The van der Waals surface area contributed by atoms with Gasteiger partial charge in [-0.05, 0) is 36.8 Å². The number of benzene rings is 2. The minimum atomic E-state index is -0.740. The van der Waals surface area contributed by atoms with Crippen LogP contribution in [0.5, 0.6) is 11.5 Å². The fraction of sp³-hybridized carbons (Fsp3) is 0.235. The molecule has 0 fully saturated rings. The number of hydrogen-bond acceptors (Lipinski definition) is 5. The van der Waals surface area contributed by atoms with Crippen LogP contribution in [0.15, 0.2) is 42.5 Å². The number of fused-ring (bicyclic) bond motifs is 1. The second-order valence-electron chi connectivity index (χ2n) is 4.95. The van der Waals surface area contributed by atoms with E-state index in [1.54, 1.807) is 37.3 Å². The van der Waals surface area contributed by atoms with Gasteiger partial charge in [-0.1, -0.05) is 12.1 Å². The highest BCUT2D eigenvalue weighted by molar-refractivity contribution is 5.81. The van der Waals surface area contributed by atoms with E-state index in [2.05, 4.69) is 5.32 Å². The Morgan fingerprint density at radius 1 is 1.22 bits per heavy atom. The molecular formula is C17H16FNO4. The number of halogens is 1. The molecule has 0 aromatic heterocycles. The van der Waals surface area contributed by atoms with Crippen LogP contribution >= 0.6 is 0 Å². The zero-order valence-electron chi connectivity index (χ0n) is 12.5. The highest BCUT2D eigenvalue weighted by atomic mass is 19.1. The molecule has 0 saturated heterocycles. The summed E-state index contributed by atoms with van der Waals surface area (Å²) in [6.45, 7) is 2.18. The molecule has 0 spiro atoms. The molecule has 0 bridgehead atoms. The molecule has 1 atom stereocenters. The van der Waals surface area contributed by atoms with Crippen LogP contribution in [0.25, 0.3) is 0 Å². The maximum atomic E-state index is 13.1. The lowest BCUT2D eigenvalue weighted by Crippen LogP contribution is -2.23. The maximum Gasteiger partial charge on any atom is 0.333 e. The summed E-state index contributed by atoms with van der Waals surface area (Å²) in [6, 6.07) is 10.3. The van der Waals surface area contributed by atoms with Crippen molar-refractivity contribution < 1.29 is 23.4 Å². The Hall–Kier alpha value is -2.76. The summed E-state index contributed by atoms with van der Waals surface area (Å²) in [7, 11) is 0. The van der Waals surface area contributed by atoms with Crippen molar-refractivity contribution in [1.82, 2.24) is 0 Å². The van der Waals surface area contributed by atoms with Crippen molar-refractivity contribution in [2.75, 3.05) is 18.7 Å². The molecule has 0 saturated carbocycles. The largest absolute Gasteiger partial charge is 0.464 e. The molecule has 3 rings (SSSR count). The van der Waals surface area contributed by atoms with Gasteiger partial charge in [0.15, 0.2) is 17.5 Å². The number of nitrogens with one attached hydrogen (secondary N) is 1. The van der Waals surface area contributed by atoms with Crippen molar-refractivity contribution in [3.8, 4) is 11.5 Å². The van der Waals surface area contributed by atoms with Crippen molar-refractivity contribution in [3.05, 3.63) is 53.8 Å². The van der Waals surface area contributed by atoms with Crippen molar-refractivity contribution in [2.45, 2.75) is 13.0 Å². The van der Waals surface area contributed by atoms with Gasteiger partial charge in [0.25, 0.3) is 0 Å². The summed E-state index contributed by atoms with van der Waals surface area (Å²) in [5, 5.41) is 3.10. The van der Waals surface area contributed by atoms with E-state index in [4.69, 9.17) is 14.2 Å². The Bertz CT molecular complexity index is 702. The van der Waals surface area contributed by atoms with Crippen LogP contribution in [-0.2, 0) is 9.53 Å². The molecule has 0 amide bonds. The summed E-state index contributed by atoms with van der Waals surface area (Å²) >= 11 is 0. The first-order valence-corrected chi connectivity index (χ1v) is 7.25. The first-order valence-electron chi connectivity index (χ1n) is 7.25. The van der Waals surface area contributed by atoms with E-state index in [-0.39, 0.29) is 19.2 Å². The van der Waals surface area contributed by atoms with Gasteiger partial charge in [-0.3, -0.25) is 0 Å². The quantitative estimate of drug-likeness (QED) is 0.858. The summed E-state index contributed by atoms with van der Waals surface area (Å²) in [4.78, 5) is 12.2. The monoisotopic (exact) mass is 317 g/mol. The van der Waals surface area contributed by atoms with Crippen LogP contribution in [-0.4, -0.2) is 19.4 Å². The molecule has 0 aliphatic carbocycles. The van der Waals surface area contributed by atoms with Crippen molar-refractivity contribution >= 4 is 11.7 Å². The minimum absolute atomic E-state index is 0.179. The van der Waals surface area contributed by atoms with Crippen LogP contribution in [0.2, 0.25) is 0 Å². The standard InChI is InChI=1S/C17H16FNO4/c1-2-21-17(20)16(11-3-5-12(18)6-4-11)19-13-7-8-14-15(9-13)23-10-22-14/h3-9,16,19H,2,10H2,1H3. The highest BCUT2D eigenvalue weighted by Gasteiger charge is 2.23. The first kappa shape index (κ1) is 15.1. The molecule has 120 valence electrons. The van der Waals surface area contributed by atoms with E-state index in [1.165, 1.54) is 12.1 Å². The molecular weight excluding hydrogens is 301 g/mol. The lowest BCUT2D eigenvalue weighted by Gasteiger charge is -2.19. The molecule has 0 radical (unpaired) electrons. The number of anilines is 1. The molecule has 23 heavy (non-hydrogen) atoms. The third-order valence-corrected chi connectivity index (χ3v) is 3.41. The number of esters is 1. The number of carbonyl (C=O) groups is 1. The van der Waals surface area contributed by atoms with Gasteiger partial charge in [0.1, 0.15) is 5.82 Å². The molecule has 1 heterocycles. The predicted molar refractivity (Wildman–Crippen MR) is 82.0 cm³/mol. The molecule has 5 nitrogen and oxygen atoms in total. The fourth-order valence-corrected chi connectivity index (χ4v) is 2.31. The first-order chi connectivity index (χ1) is 11.2. The number of carbonyl (C=O) groups excluding carboxylic acids is 1. The van der Waals surface area contributed by atoms with Crippen LogP contribution in [0.3, 0.4) is 0 Å². The molecule has 2 aromatic rings. The van der Waals surface area contributed by atoms with Crippen molar-refractivity contribution in [1.29, 1.82) is 0 Å². The molecule has 1 unspecified atom stereocenters. The van der Waals surface area contributed by atoms with E-state index < -0.39 is 12.0 Å². The van der Waals surface area contributed by atoms with E-state index in [0.717, 1.165) is 0 Å². The second-order valence-corrected chi connectivity index (χ2v) is 4.95. The zero-order chi connectivity index (χ0) is 16.2. The van der Waals surface area contributed by atoms with Crippen LogP contribution in [0.1, 0.15) is 18.5 Å². The summed E-state index contributed by atoms with van der Waals surface area (Å²) in [5.41, 5.74) is 1.29. The predicted octanol–water partition coefficient (Wildman–Crippen LogP) is 3.27. The van der Waals surface area contributed by atoms with Crippen molar-refractivity contribution in [3.63, 3.8) is 0 Å². The van der Waals surface area contributed by atoms with E-state index in [0.29, 0.717) is 22.7 Å². The minimum Gasteiger partial charge on any atom is -0.464 e. The third-order valence-electron chi connectivity index (χ3n) is 3.41. The second kappa shape index (κ2) is 6.56. The smallest absolute Gasteiger partial charge is 0.333 e. The van der Waals surface area contributed by atoms with Crippen molar-refractivity contribution in [2.24, 2.45) is 0 Å². The number of hydrogen-bond donors (Lipinski definition) is 1. The van der Waals surface area contributed by atoms with Crippen LogP contribution < -0.4 is 14.8 Å². The Morgan fingerprint density at radius 3 is 2.70 bits per heavy atom. The lowest BCUT2D eigenvalue weighted by atomic mass is 10.1. The third kappa shape index (κ3) is 3.36. The van der Waals surface area contributed by atoms with E-state index in [1.807, 2.05) is 0 Å². The SMILES string of the molecule is CCOC(=O)C(Nc1ccc2c(c1)OCO2)c1ccc(F)cc1. The lowest BCUT2D eigenvalue weighted by molar-refractivity contribution is -0.144. The van der Waals surface area contributed by atoms with Crippen LogP contribution in [0, 0.1) is 5.82 Å². The van der Waals surface area contributed by atoms with E-state index >= 15 is 0 Å². The van der Waals surface area contributed by atoms with Crippen LogP contribution in [0.4, 0.5) is 10.1 Å². The van der Waals surface area contributed by atoms with Gasteiger partial charge in [0.2, 0.25) is 6.79 Å². The summed E-state index contributed by atoms with van der Waals surface area (Å²) in [5.74, 6) is 0.470. The number of ether oxygens (including phenoxy) is 3. The Balaban J connectivity index is 1.86. The van der Waals surface area contributed by atoms with Gasteiger partial charge in [-0.2, -0.15) is 0 Å². The number of rotatable bonds is 5. The van der Waals surface area contributed by atoms with Gasteiger partial charge in [0, 0.05) is 11.8 Å².